The molecule has 1 atom stereocenters. The van der Waals surface area contributed by atoms with E-state index in [-0.39, 0.29) is 17.1 Å². The standard InChI is InChI=1S/C31H22BrNO5/c1-36-23-13-11-22(12-14-23)33-28(20-8-5-9-24(16-20)37-18-19-6-3-2-4-7-19)27-29(34)25-17-21(32)10-15-26(25)38-30(27)31(33)35/h2-17,28H,18H2,1H3. The fraction of sp³-hybridized carbons (Fsp3) is 0.0968. The topological polar surface area (TPSA) is 69.0 Å². The van der Waals surface area contributed by atoms with Crippen molar-refractivity contribution in [3.63, 3.8) is 0 Å². The van der Waals surface area contributed by atoms with Gasteiger partial charge in [0.1, 0.15) is 23.7 Å². The molecule has 0 saturated carbocycles. The quantitative estimate of drug-likeness (QED) is 0.223. The molecule has 4 aromatic carbocycles. The molecule has 0 bridgehead atoms. The van der Waals surface area contributed by atoms with E-state index in [0.29, 0.717) is 40.3 Å². The lowest BCUT2D eigenvalue weighted by molar-refractivity contribution is 0.0971. The molecule has 1 aromatic heterocycles. The molecule has 0 N–H and O–H groups in total. The number of carbonyl (C=O) groups excluding carboxylic acids is 1. The number of rotatable bonds is 6. The van der Waals surface area contributed by atoms with Gasteiger partial charge in [-0.2, -0.15) is 0 Å². The second-order valence-electron chi connectivity index (χ2n) is 8.94. The van der Waals surface area contributed by atoms with Crippen LogP contribution in [0, 0.1) is 0 Å². The third-order valence-corrected chi connectivity index (χ3v) is 7.10. The van der Waals surface area contributed by atoms with E-state index in [1.54, 1.807) is 54.5 Å². The van der Waals surface area contributed by atoms with Gasteiger partial charge in [-0.15, -0.1) is 0 Å². The number of amides is 1. The summed E-state index contributed by atoms with van der Waals surface area (Å²) in [6.07, 6.45) is 0. The van der Waals surface area contributed by atoms with Crippen LogP contribution in [0.15, 0.2) is 111 Å². The van der Waals surface area contributed by atoms with Gasteiger partial charge in [0.2, 0.25) is 5.76 Å². The SMILES string of the molecule is COc1ccc(N2C(=O)c3oc4ccc(Br)cc4c(=O)c3C2c2cccc(OCc3ccccc3)c2)cc1. The zero-order chi connectivity index (χ0) is 26.2. The first kappa shape index (κ1) is 24.0. The van der Waals surface area contributed by atoms with Crippen LogP contribution in [0.2, 0.25) is 0 Å². The number of hydrogen-bond acceptors (Lipinski definition) is 5. The molecule has 1 aliphatic rings. The van der Waals surface area contributed by atoms with E-state index >= 15 is 0 Å². The number of carbonyl (C=O) groups is 1. The predicted octanol–water partition coefficient (Wildman–Crippen LogP) is 6.89. The van der Waals surface area contributed by atoms with Gasteiger partial charge in [0.25, 0.3) is 5.91 Å². The summed E-state index contributed by atoms with van der Waals surface area (Å²) < 4.78 is 18.2. The van der Waals surface area contributed by atoms with Gasteiger partial charge in [-0.3, -0.25) is 14.5 Å². The van der Waals surface area contributed by atoms with Gasteiger partial charge < -0.3 is 13.9 Å². The lowest BCUT2D eigenvalue weighted by Crippen LogP contribution is -2.29. The van der Waals surface area contributed by atoms with Crippen molar-refractivity contribution in [3.05, 3.63) is 134 Å². The van der Waals surface area contributed by atoms with Crippen LogP contribution < -0.4 is 19.8 Å². The van der Waals surface area contributed by atoms with Crippen LogP contribution in [-0.2, 0) is 6.61 Å². The normalized spacial score (nSPS) is 14.5. The second kappa shape index (κ2) is 9.84. The highest BCUT2D eigenvalue weighted by Crippen LogP contribution is 2.42. The Labute approximate surface area is 227 Å². The highest BCUT2D eigenvalue weighted by molar-refractivity contribution is 9.10. The lowest BCUT2D eigenvalue weighted by atomic mass is 9.98. The molecule has 0 spiro atoms. The number of anilines is 1. The van der Waals surface area contributed by atoms with Crippen LogP contribution in [0.25, 0.3) is 11.0 Å². The average Bonchev–Trinajstić information content (AvgIpc) is 3.25. The maximum Gasteiger partial charge on any atom is 0.295 e. The third kappa shape index (κ3) is 4.25. The van der Waals surface area contributed by atoms with Crippen molar-refractivity contribution in [2.75, 3.05) is 12.0 Å². The molecule has 1 amide bonds. The van der Waals surface area contributed by atoms with Crippen molar-refractivity contribution in [2.24, 2.45) is 0 Å². The minimum absolute atomic E-state index is 0.0428. The number of benzene rings is 4. The number of nitrogens with zero attached hydrogens (tertiary/aromatic N) is 1. The Kier molecular flexibility index (Phi) is 6.21. The fourth-order valence-corrected chi connectivity index (χ4v) is 5.15. The zero-order valence-corrected chi connectivity index (χ0v) is 22.0. The molecule has 0 radical (unpaired) electrons. The van der Waals surface area contributed by atoms with Crippen LogP contribution in [0.1, 0.15) is 33.3 Å². The van der Waals surface area contributed by atoms with E-state index < -0.39 is 6.04 Å². The number of methoxy groups -OCH3 is 1. The first-order chi connectivity index (χ1) is 18.5. The van der Waals surface area contributed by atoms with Crippen molar-refractivity contribution < 1.29 is 18.7 Å². The second-order valence-corrected chi connectivity index (χ2v) is 9.85. The molecule has 6 rings (SSSR count). The van der Waals surface area contributed by atoms with Gasteiger partial charge in [0.15, 0.2) is 5.43 Å². The molecule has 1 unspecified atom stereocenters. The zero-order valence-electron chi connectivity index (χ0n) is 20.4. The Hall–Kier alpha value is -4.36. The summed E-state index contributed by atoms with van der Waals surface area (Å²) in [6, 6.07) is 29.0. The molecule has 7 heteroatoms. The van der Waals surface area contributed by atoms with Crippen molar-refractivity contribution in [3.8, 4) is 11.5 Å². The van der Waals surface area contributed by atoms with Gasteiger partial charge in [-0.25, -0.2) is 0 Å². The van der Waals surface area contributed by atoms with Gasteiger partial charge >= 0.3 is 0 Å². The maximum absolute atomic E-state index is 13.9. The highest BCUT2D eigenvalue weighted by atomic mass is 79.9. The Bertz CT molecular complexity index is 1710. The van der Waals surface area contributed by atoms with Crippen LogP contribution in [0.4, 0.5) is 5.69 Å². The molecule has 0 aliphatic carbocycles. The number of hydrogen-bond donors (Lipinski definition) is 0. The number of halogens is 1. The molecule has 5 aromatic rings. The molecule has 38 heavy (non-hydrogen) atoms. The van der Waals surface area contributed by atoms with Crippen molar-refractivity contribution in [2.45, 2.75) is 12.6 Å². The molecule has 6 nitrogen and oxygen atoms in total. The van der Waals surface area contributed by atoms with E-state index in [1.807, 2.05) is 54.6 Å². The Balaban J connectivity index is 1.49. The average molecular weight is 568 g/mol. The minimum Gasteiger partial charge on any atom is -0.497 e. The van der Waals surface area contributed by atoms with Gasteiger partial charge in [0, 0.05) is 10.2 Å². The van der Waals surface area contributed by atoms with Gasteiger partial charge in [-0.1, -0.05) is 58.4 Å². The monoisotopic (exact) mass is 567 g/mol. The largest absolute Gasteiger partial charge is 0.497 e. The van der Waals surface area contributed by atoms with Crippen molar-refractivity contribution in [1.29, 1.82) is 0 Å². The van der Waals surface area contributed by atoms with E-state index in [1.165, 1.54) is 0 Å². The van der Waals surface area contributed by atoms with Gasteiger partial charge in [0.05, 0.1) is 24.1 Å². The summed E-state index contributed by atoms with van der Waals surface area (Å²) in [5.74, 6) is 0.958. The molecular formula is C31H22BrNO5. The lowest BCUT2D eigenvalue weighted by Gasteiger charge is -2.25. The first-order valence-electron chi connectivity index (χ1n) is 12.0. The third-order valence-electron chi connectivity index (χ3n) is 6.60. The Morgan fingerprint density at radius 2 is 1.66 bits per heavy atom. The highest BCUT2D eigenvalue weighted by Gasteiger charge is 2.43. The fourth-order valence-electron chi connectivity index (χ4n) is 4.78. The molecule has 0 saturated heterocycles. The van der Waals surface area contributed by atoms with Crippen molar-refractivity contribution in [1.82, 2.24) is 0 Å². The Morgan fingerprint density at radius 1 is 0.868 bits per heavy atom. The predicted molar refractivity (Wildman–Crippen MR) is 149 cm³/mol. The molecule has 188 valence electrons. The minimum atomic E-state index is -0.703. The summed E-state index contributed by atoms with van der Waals surface area (Å²) in [6.45, 7) is 0.396. The maximum atomic E-state index is 13.9. The van der Waals surface area contributed by atoms with Crippen LogP contribution >= 0.6 is 15.9 Å². The Morgan fingerprint density at radius 3 is 2.42 bits per heavy atom. The summed E-state index contributed by atoms with van der Waals surface area (Å²) in [5, 5.41) is 0.406. The van der Waals surface area contributed by atoms with E-state index in [0.717, 1.165) is 15.6 Å². The molecule has 2 heterocycles. The van der Waals surface area contributed by atoms with E-state index in [4.69, 9.17) is 13.9 Å². The number of ether oxygens (including phenoxy) is 2. The van der Waals surface area contributed by atoms with Crippen molar-refractivity contribution >= 4 is 38.5 Å². The van der Waals surface area contributed by atoms with Crippen LogP contribution in [0.3, 0.4) is 0 Å². The van der Waals surface area contributed by atoms with Gasteiger partial charge in [-0.05, 0) is 65.7 Å². The van der Waals surface area contributed by atoms with Crippen LogP contribution in [0.5, 0.6) is 11.5 Å². The first-order valence-corrected chi connectivity index (χ1v) is 12.8. The van der Waals surface area contributed by atoms with E-state index in [9.17, 15) is 9.59 Å². The smallest absolute Gasteiger partial charge is 0.295 e. The summed E-state index contributed by atoms with van der Waals surface area (Å²) in [4.78, 5) is 29.3. The summed E-state index contributed by atoms with van der Waals surface area (Å²) in [5.41, 5.74) is 2.81. The molecular weight excluding hydrogens is 546 g/mol. The summed E-state index contributed by atoms with van der Waals surface area (Å²) in [7, 11) is 1.59. The molecule has 0 fully saturated rings. The summed E-state index contributed by atoms with van der Waals surface area (Å²) >= 11 is 3.44. The van der Waals surface area contributed by atoms with Crippen LogP contribution in [-0.4, -0.2) is 13.0 Å². The molecule has 1 aliphatic heterocycles. The van der Waals surface area contributed by atoms with E-state index in [2.05, 4.69) is 15.9 Å². The number of fused-ring (bicyclic) bond motifs is 2.